The third-order valence-electron chi connectivity index (χ3n) is 5.04. The van der Waals surface area contributed by atoms with Crippen molar-refractivity contribution in [2.45, 2.75) is 6.61 Å². The molecule has 2 fully saturated rings. The number of benzene rings is 1. The van der Waals surface area contributed by atoms with Crippen molar-refractivity contribution in [1.82, 2.24) is 18.4 Å². The summed E-state index contributed by atoms with van der Waals surface area (Å²) >= 11 is 0. The predicted molar refractivity (Wildman–Crippen MR) is 102 cm³/mol. The number of rotatable bonds is 6. The molecule has 1 aromatic carbocycles. The van der Waals surface area contributed by atoms with Gasteiger partial charge < -0.3 is 14.5 Å². The maximum atomic E-state index is 12.8. The Morgan fingerprint density at radius 2 is 1.48 bits per heavy atom. The van der Waals surface area contributed by atoms with Crippen molar-refractivity contribution in [3.8, 4) is 0 Å². The van der Waals surface area contributed by atoms with Crippen LogP contribution in [0.1, 0.15) is 5.56 Å². The van der Waals surface area contributed by atoms with Crippen LogP contribution in [0.3, 0.4) is 0 Å². The summed E-state index contributed by atoms with van der Waals surface area (Å²) in [5, 5.41) is 0. The van der Waals surface area contributed by atoms with Crippen molar-refractivity contribution in [2.75, 3.05) is 66.0 Å². The van der Waals surface area contributed by atoms with Crippen LogP contribution in [0.15, 0.2) is 30.3 Å². The van der Waals surface area contributed by atoms with Crippen molar-refractivity contribution in [2.24, 2.45) is 0 Å². The summed E-state index contributed by atoms with van der Waals surface area (Å²) in [6.45, 7) is 4.41. The van der Waals surface area contributed by atoms with E-state index in [0.29, 0.717) is 45.9 Å². The standard InChI is InChI=1S/C18H28N4O4S/c1-19-7-11-21(12-8-19)27(24,25)22-13-9-20(10-14-22)18(23)16-26-15-17-5-3-2-4-6-17/h2-6H,7-16H2,1H3. The lowest BCUT2D eigenvalue weighted by Crippen LogP contribution is -2.57. The second-order valence-electron chi connectivity index (χ2n) is 6.97. The molecule has 27 heavy (non-hydrogen) atoms. The highest BCUT2D eigenvalue weighted by atomic mass is 32.2. The van der Waals surface area contributed by atoms with Crippen LogP contribution in [0.25, 0.3) is 0 Å². The van der Waals surface area contributed by atoms with E-state index in [9.17, 15) is 13.2 Å². The summed E-state index contributed by atoms with van der Waals surface area (Å²) in [5.41, 5.74) is 1.02. The van der Waals surface area contributed by atoms with E-state index in [0.717, 1.165) is 18.7 Å². The molecule has 2 aliphatic rings. The Labute approximate surface area is 161 Å². The normalized spacial score (nSPS) is 20.7. The van der Waals surface area contributed by atoms with Crippen LogP contribution in [0.2, 0.25) is 0 Å². The molecular weight excluding hydrogens is 368 g/mol. The Kier molecular flexibility index (Phi) is 6.83. The van der Waals surface area contributed by atoms with Gasteiger partial charge in [-0.1, -0.05) is 30.3 Å². The molecule has 0 aromatic heterocycles. The monoisotopic (exact) mass is 396 g/mol. The van der Waals surface area contributed by atoms with Gasteiger partial charge >= 0.3 is 0 Å². The Bertz CT molecular complexity index is 712. The van der Waals surface area contributed by atoms with Crippen molar-refractivity contribution < 1.29 is 17.9 Å². The van der Waals surface area contributed by atoms with Crippen LogP contribution in [-0.2, 0) is 26.3 Å². The Balaban J connectivity index is 1.43. The molecule has 2 saturated heterocycles. The predicted octanol–water partition coefficient (Wildman–Crippen LogP) is -0.160. The SMILES string of the molecule is CN1CCN(S(=O)(=O)N2CCN(C(=O)COCc3ccccc3)CC2)CC1. The molecular formula is C18H28N4O4S. The number of amides is 1. The first-order valence-corrected chi connectivity index (χ1v) is 10.7. The molecule has 8 nitrogen and oxygen atoms in total. The van der Waals surface area contributed by atoms with E-state index < -0.39 is 10.2 Å². The van der Waals surface area contributed by atoms with Gasteiger partial charge in [0.25, 0.3) is 10.2 Å². The van der Waals surface area contributed by atoms with Gasteiger partial charge in [0.05, 0.1) is 6.61 Å². The van der Waals surface area contributed by atoms with E-state index in [2.05, 4.69) is 4.90 Å². The van der Waals surface area contributed by atoms with Crippen molar-refractivity contribution >= 4 is 16.1 Å². The van der Waals surface area contributed by atoms with Gasteiger partial charge in [0.1, 0.15) is 6.61 Å². The quantitative estimate of drug-likeness (QED) is 0.668. The molecule has 0 spiro atoms. The fourth-order valence-corrected chi connectivity index (χ4v) is 4.85. The molecule has 3 rings (SSSR count). The average Bonchev–Trinajstić information content (AvgIpc) is 2.69. The van der Waals surface area contributed by atoms with Crippen molar-refractivity contribution in [3.05, 3.63) is 35.9 Å². The zero-order chi connectivity index (χ0) is 19.3. The first-order chi connectivity index (χ1) is 13.0. The molecule has 0 N–H and O–H groups in total. The van der Waals surface area contributed by atoms with E-state index in [1.165, 1.54) is 4.31 Å². The third-order valence-corrected chi connectivity index (χ3v) is 7.08. The van der Waals surface area contributed by atoms with Crippen LogP contribution >= 0.6 is 0 Å². The van der Waals surface area contributed by atoms with Crippen LogP contribution < -0.4 is 0 Å². The molecule has 2 heterocycles. The third kappa shape index (κ3) is 5.26. The van der Waals surface area contributed by atoms with E-state index in [1.54, 1.807) is 9.21 Å². The minimum Gasteiger partial charge on any atom is -0.367 e. The second-order valence-corrected chi connectivity index (χ2v) is 8.90. The summed E-state index contributed by atoms with van der Waals surface area (Å²) in [6.07, 6.45) is 0. The lowest BCUT2D eigenvalue weighted by molar-refractivity contribution is -0.137. The second kappa shape index (κ2) is 9.11. The molecule has 9 heteroatoms. The molecule has 1 aromatic rings. The summed E-state index contributed by atoms with van der Waals surface area (Å²) in [6, 6.07) is 9.70. The highest BCUT2D eigenvalue weighted by Gasteiger charge is 2.34. The maximum Gasteiger partial charge on any atom is 0.282 e. The lowest BCUT2D eigenvalue weighted by atomic mass is 10.2. The fraction of sp³-hybridized carbons (Fsp3) is 0.611. The van der Waals surface area contributed by atoms with Crippen LogP contribution in [0.4, 0.5) is 0 Å². The minimum atomic E-state index is -3.44. The zero-order valence-electron chi connectivity index (χ0n) is 15.8. The number of hydrogen-bond donors (Lipinski definition) is 0. The topological polar surface area (TPSA) is 73.4 Å². The number of carbonyl (C=O) groups excluding carboxylic acids is 1. The van der Waals surface area contributed by atoms with Gasteiger partial charge in [0.2, 0.25) is 5.91 Å². The van der Waals surface area contributed by atoms with Gasteiger partial charge in [-0.25, -0.2) is 0 Å². The van der Waals surface area contributed by atoms with Crippen LogP contribution in [0, 0.1) is 0 Å². The minimum absolute atomic E-state index is 0.0140. The van der Waals surface area contributed by atoms with E-state index in [4.69, 9.17) is 4.74 Å². The largest absolute Gasteiger partial charge is 0.367 e. The molecule has 2 aliphatic heterocycles. The van der Waals surface area contributed by atoms with Gasteiger partial charge in [0, 0.05) is 52.4 Å². The highest BCUT2D eigenvalue weighted by molar-refractivity contribution is 7.86. The highest BCUT2D eigenvalue weighted by Crippen LogP contribution is 2.14. The Hall–Kier alpha value is -1.52. The van der Waals surface area contributed by atoms with Gasteiger partial charge in [-0.15, -0.1) is 0 Å². The molecule has 0 saturated carbocycles. The first kappa shape index (κ1) is 20.2. The molecule has 0 aliphatic carbocycles. The molecule has 0 atom stereocenters. The van der Waals surface area contributed by atoms with Crippen LogP contribution in [-0.4, -0.2) is 98.7 Å². The lowest BCUT2D eigenvalue weighted by Gasteiger charge is -2.39. The Morgan fingerprint density at radius 1 is 0.926 bits per heavy atom. The summed E-state index contributed by atoms with van der Waals surface area (Å²) in [7, 11) is -1.45. The van der Waals surface area contributed by atoms with Gasteiger partial charge in [-0.05, 0) is 12.6 Å². The Morgan fingerprint density at radius 3 is 2.07 bits per heavy atom. The first-order valence-electron chi connectivity index (χ1n) is 9.30. The molecule has 0 bridgehead atoms. The molecule has 0 unspecified atom stereocenters. The summed E-state index contributed by atoms with van der Waals surface area (Å²) < 4.78 is 34.1. The molecule has 150 valence electrons. The van der Waals surface area contributed by atoms with Gasteiger partial charge in [-0.2, -0.15) is 17.0 Å². The molecule has 1 amide bonds. The van der Waals surface area contributed by atoms with Crippen molar-refractivity contribution in [1.29, 1.82) is 0 Å². The zero-order valence-corrected chi connectivity index (χ0v) is 16.6. The number of piperazine rings is 2. The number of likely N-dealkylation sites (N-methyl/N-ethyl adjacent to an activating group) is 1. The number of carbonyl (C=O) groups is 1. The van der Waals surface area contributed by atoms with E-state index >= 15 is 0 Å². The van der Waals surface area contributed by atoms with Crippen molar-refractivity contribution in [3.63, 3.8) is 0 Å². The van der Waals surface area contributed by atoms with Crippen LogP contribution in [0.5, 0.6) is 0 Å². The van der Waals surface area contributed by atoms with E-state index in [1.807, 2.05) is 37.4 Å². The maximum absolute atomic E-state index is 12.8. The number of nitrogens with zero attached hydrogens (tertiary/aromatic N) is 4. The van der Waals surface area contributed by atoms with Gasteiger partial charge in [-0.3, -0.25) is 4.79 Å². The fourth-order valence-electron chi connectivity index (χ4n) is 3.27. The number of hydrogen-bond acceptors (Lipinski definition) is 5. The average molecular weight is 397 g/mol. The molecule has 0 radical (unpaired) electrons. The summed E-state index contributed by atoms with van der Waals surface area (Å²) in [4.78, 5) is 16.1. The van der Waals surface area contributed by atoms with Gasteiger partial charge in [0.15, 0.2) is 0 Å². The smallest absolute Gasteiger partial charge is 0.282 e. The number of ether oxygens (including phenoxy) is 1. The summed E-state index contributed by atoms with van der Waals surface area (Å²) in [5.74, 6) is -0.0948. The van der Waals surface area contributed by atoms with E-state index in [-0.39, 0.29) is 12.5 Å².